The number of imidazole rings is 1. The van der Waals surface area contributed by atoms with Gasteiger partial charge in [-0.15, -0.1) is 10.2 Å². The van der Waals surface area contributed by atoms with Gasteiger partial charge in [-0.2, -0.15) is 5.21 Å². The Labute approximate surface area is 170 Å². The first-order valence-electron chi connectivity index (χ1n) is 9.28. The van der Waals surface area contributed by atoms with E-state index in [-0.39, 0.29) is 5.56 Å². The lowest BCUT2D eigenvalue weighted by Crippen LogP contribution is -1.98. The zero-order valence-corrected chi connectivity index (χ0v) is 15.9. The Morgan fingerprint density at radius 2 is 1.60 bits per heavy atom. The molecule has 0 aliphatic carbocycles. The predicted molar refractivity (Wildman–Crippen MR) is 112 cm³/mol. The number of aryl methyl sites for hydroxylation is 1. The molecule has 0 saturated heterocycles. The second-order valence-corrected chi connectivity index (χ2v) is 6.87. The molecule has 0 unspecified atom stereocenters. The van der Waals surface area contributed by atoms with Gasteiger partial charge in [0, 0.05) is 11.1 Å². The Morgan fingerprint density at radius 1 is 0.900 bits per heavy atom. The molecule has 2 heterocycles. The van der Waals surface area contributed by atoms with Crippen molar-refractivity contribution >= 4 is 17.0 Å². The van der Waals surface area contributed by atoms with E-state index in [0.717, 1.165) is 27.8 Å². The van der Waals surface area contributed by atoms with E-state index in [1.54, 1.807) is 6.07 Å². The third-order valence-electron chi connectivity index (χ3n) is 5.01. The van der Waals surface area contributed by atoms with Gasteiger partial charge < -0.3 is 10.1 Å². The van der Waals surface area contributed by atoms with E-state index in [1.807, 2.05) is 61.5 Å². The van der Waals surface area contributed by atoms with Crippen molar-refractivity contribution in [3.8, 4) is 33.6 Å². The number of H-pyrrole nitrogens is 2. The van der Waals surface area contributed by atoms with Crippen LogP contribution in [-0.4, -0.2) is 41.7 Å². The molecule has 0 aliphatic rings. The van der Waals surface area contributed by atoms with Crippen LogP contribution in [-0.2, 0) is 0 Å². The second-order valence-electron chi connectivity index (χ2n) is 6.87. The van der Waals surface area contributed by atoms with E-state index in [9.17, 15) is 9.90 Å². The summed E-state index contributed by atoms with van der Waals surface area (Å²) in [4.78, 5) is 19.1. The fourth-order valence-corrected chi connectivity index (χ4v) is 3.66. The number of carboxylic acid groups (broad SMARTS) is 1. The van der Waals surface area contributed by atoms with Crippen LogP contribution >= 0.6 is 0 Å². The summed E-state index contributed by atoms with van der Waals surface area (Å²) < 4.78 is 0. The summed E-state index contributed by atoms with van der Waals surface area (Å²) in [5.74, 6) is 0.214. The van der Waals surface area contributed by atoms with Crippen molar-refractivity contribution in [1.82, 2.24) is 30.6 Å². The highest BCUT2D eigenvalue weighted by atomic mass is 16.4. The van der Waals surface area contributed by atoms with Gasteiger partial charge >= 0.3 is 5.97 Å². The number of benzene rings is 3. The molecule has 5 aromatic rings. The van der Waals surface area contributed by atoms with Crippen LogP contribution in [0.4, 0.5) is 0 Å². The van der Waals surface area contributed by atoms with Crippen LogP contribution in [0.1, 0.15) is 16.2 Å². The molecule has 30 heavy (non-hydrogen) atoms. The van der Waals surface area contributed by atoms with Gasteiger partial charge in [-0.3, -0.25) is 0 Å². The standard InChI is InChI=1S/C22H16N6O2/c1-12-23-19-16(10-11-18(22(29)30)20(19)24-12)14-8-6-13(7-9-14)15-4-2-3-5-17(15)21-25-27-28-26-21/h2-11H,1H3,(H,23,24)(H,29,30)(H,25,26,27,28). The summed E-state index contributed by atoms with van der Waals surface area (Å²) in [6.07, 6.45) is 0. The number of carbonyl (C=O) groups is 1. The van der Waals surface area contributed by atoms with Gasteiger partial charge in [-0.05, 0) is 34.9 Å². The highest BCUT2D eigenvalue weighted by Gasteiger charge is 2.16. The molecule has 2 aromatic heterocycles. The molecule has 5 rings (SSSR count). The van der Waals surface area contributed by atoms with Crippen LogP contribution < -0.4 is 0 Å². The highest BCUT2D eigenvalue weighted by Crippen LogP contribution is 2.33. The number of rotatable bonds is 4. The van der Waals surface area contributed by atoms with E-state index >= 15 is 0 Å². The third-order valence-corrected chi connectivity index (χ3v) is 5.01. The Morgan fingerprint density at radius 3 is 2.27 bits per heavy atom. The van der Waals surface area contributed by atoms with E-state index < -0.39 is 5.97 Å². The van der Waals surface area contributed by atoms with E-state index in [0.29, 0.717) is 22.7 Å². The van der Waals surface area contributed by atoms with Crippen molar-refractivity contribution in [1.29, 1.82) is 0 Å². The van der Waals surface area contributed by atoms with E-state index in [4.69, 9.17) is 0 Å². The lowest BCUT2D eigenvalue weighted by molar-refractivity contribution is 0.0699. The lowest BCUT2D eigenvalue weighted by Gasteiger charge is -2.09. The number of hydrogen-bond donors (Lipinski definition) is 3. The maximum absolute atomic E-state index is 11.5. The number of carboxylic acids is 1. The number of aromatic amines is 2. The van der Waals surface area contributed by atoms with Crippen molar-refractivity contribution in [2.24, 2.45) is 0 Å². The second kappa shape index (κ2) is 6.93. The van der Waals surface area contributed by atoms with Crippen LogP contribution in [0.5, 0.6) is 0 Å². The van der Waals surface area contributed by atoms with Gasteiger partial charge in [-0.25, -0.2) is 9.78 Å². The molecule has 0 radical (unpaired) electrons. The van der Waals surface area contributed by atoms with Gasteiger partial charge in [0.05, 0.1) is 11.1 Å². The smallest absolute Gasteiger partial charge is 0.337 e. The van der Waals surface area contributed by atoms with Crippen molar-refractivity contribution < 1.29 is 9.90 Å². The van der Waals surface area contributed by atoms with Gasteiger partial charge in [0.25, 0.3) is 0 Å². The zero-order valence-electron chi connectivity index (χ0n) is 15.9. The molecule has 0 aliphatic heterocycles. The Balaban J connectivity index is 1.59. The summed E-state index contributed by atoms with van der Waals surface area (Å²) in [5, 5.41) is 23.8. The van der Waals surface area contributed by atoms with Crippen molar-refractivity contribution in [2.45, 2.75) is 6.92 Å². The molecule has 0 saturated carbocycles. The van der Waals surface area contributed by atoms with Crippen molar-refractivity contribution in [3.05, 3.63) is 72.1 Å². The largest absolute Gasteiger partial charge is 0.478 e. The summed E-state index contributed by atoms with van der Waals surface area (Å²) in [7, 11) is 0. The minimum atomic E-state index is -0.994. The molecular weight excluding hydrogens is 380 g/mol. The Bertz CT molecular complexity index is 1370. The molecule has 0 bridgehead atoms. The molecule has 146 valence electrons. The predicted octanol–water partition coefficient (Wildman–Crippen LogP) is 4.08. The van der Waals surface area contributed by atoms with Crippen LogP contribution in [0.25, 0.3) is 44.7 Å². The van der Waals surface area contributed by atoms with Crippen LogP contribution in [0.2, 0.25) is 0 Å². The number of tetrazole rings is 1. The fraction of sp³-hybridized carbons (Fsp3) is 0.0455. The maximum Gasteiger partial charge on any atom is 0.337 e. The number of nitrogens with one attached hydrogen (secondary N) is 2. The number of nitrogens with zero attached hydrogens (tertiary/aromatic N) is 4. The number of aromatic nitrogens is 6. The van der Waals surface area contributed by atoms with Crippen molar-refractivity contribution in [3.63, 3.8) is 0 Å². The molecular formula is C22H16N6O2. The summed E-state index contributed by atoms with van der Waals surface area (Å²) in [6.45, 7) is 1.81. The van der Waals surface area contributed by atoms with Gasteiger partial charge in [0.15, 0.2) is 0 Å². The molecule has 0 amide bonds. The monoisotopic (exact) mass is 396 g/mol. The quantitative estimate of drug-likeness (QED) is 0.421. The molecule has 8 nitrogen and oxygen atoms in total. The van der Waals surface area contributed by atoms with Crippen molar-refractivity contribution in [2.75, 3.05) is 0 Å². The van der Waals surface area contributed by atoms with Gasteiger partial charge in [0.1, 0.15) is 11.3 Å². The molecule has 3 N–H and O–H groups in total. The van der Waals surface area contributed by atoms with Crippen LogP contribution in [0, 0.1) is 6.92 Å². The molecule has 3 aromatic carbocycles. The van der Waals surface area contributed by atoms with E-state index in [1.165, 1.54) is 0 Å². The third kappa shape index (κ3) is 2.91. The average molecular weight is 396 g/mol. The van der Waals surface area contributed by atoms with Crippen LogP contribution in [0.15, 0.2) is 60.7 Å². The maximum atomic E-state index is 11.5. The number of fused-ring (bicyclic) bond motifs is 1. The zero-order chi connectivity index (χ0) is 20.7. The summed E-state index contributed by atoms with van der Waals surface area (Å²) >= 11 is 0. The van der Waals surface area contributed by atoms with Gasteiger partial charge in [0.2, 0.25) is 5.82 Å². The molecule has 0 fully saturated rings. The molecule has 0 spiro atoms. The number of aromatic carboxylic acids is 1. The first-order valence-corrected chi connectivity index (χ1v) is 9.28. The topological polar surface area (TPSA) is 120 Å². The minimum Gasteiger partial charge on any atom is -0.478 e. The summed E-state index contributed by atoms with van der Waals surface area (Å²) in [5.41, 5.74) is 6.11. The van der Waals surface area contributed by atoms with Gasteiger partial charge in [-0.1, -0.05) is 54.6 Å². The normalized spacial score (nSPS) is 11.1. The SMILES string of the molecule is Cc1nc2c(C(=O)O)ccc(-c3ccc(-c4ccccc4-c4nn[nH]n4)cc3)c2[nH]1. The van der Waals surface area contributed by atoms with Crippen LogP contribution in [0.3, 0.4) is 0 Å². The Hall–Kier alpha value is -4.33. The molecule has 0 atom stereocenters. The molecule has 8 heteroatoms. The fourth-order valence-electron chi connectivity index (χ4n) is 3.66. The number of hydrogen-bond acceptors (Lipinski definition) is 5. The van der Waals surface area contributed by atoms with E-state index in [2.05, 4.69) is 30.6 Å². The lowest BCUT2D eigenvalue weighted by atomic mass is 9.96. The Kier molecular flexibility index (Phi) is 4.10. The first kappa shape index (κ1) is 17.7. The minimum absolute atomic E-state index is 0.184. The highest BCUT2D eigenvalue weighted by molar-refractivity contribution is 6.05. The first-order chi connectivity index (χ1) is 14.6. The summed E-state index contributed by atoms with van der Waals surface area (Å²) in [6, 6.07) is 19.3. The average Bonchev–Trinajstić information content (AvgIpc) is 3.42.